The van der Waals surface area contributed by atoms with Crippen molar-refractivity contribution < 1.29 is 29.1 Å². The van der Waals surface area contributed by atoms with Gasteiger partial charge in [-0.3, -0.25) is 14.9 Å². The lowest BCUT2D eigenvalue weighted by Crippen LogP contribution is -2.42. The van der Waals surface area contributed by atoms with Gasteiger partial charge in [0.1, 0.15) is 22.8 Å². The Morgan fingerprint density at radius 3 is 2.75 bits per heavy atom. The normalized spacial score (nSPS) is 24.0. The maximum atomic E-state index is 12.8. The summed E-state index contributed by atoms with van der Waals surface area (Å²) in [5.41, 5.74) is -1.18. The van der Waals surface area contributed by atoms with Crippen molar-refractivity contribution in [1.29, 1.82) is 0 Å². The molecule has 1 N–H and O–H groups in total. The molecule has 0 saturated carbocycles. The number of benzene rings is 2. The molecule has 1 aliphatic carbocycles. The molecule has 8 nitrogen and oxygen atoms in total. The topological polar surface area (TPSA) is 116 Å². The second kappa shape index (κ2) is 5.29. The van der Waals surface area contributed by atoms with Crippen LogP contribution in [0.15, 0.2) is 60.4 Å². The highest BCUT2D eigenvalue weighted by atomic mass is 16.6. The quantitative estimate of drug-likeness (QED) is 0.461. The van der Waals surface area contributed by atoms with E-state index in [-0.39, 0.29) is 34.3 Å². The van der Waals surface area contributed by atoms with Crippen molar-refractivity contribution in [3.05, 3.63) is 87.2 Å². The van der Waals surface area contributed by atoms with Gasteiger partial charge in [-0.1, -0.05) is 18.2 Å². The number of nitrogens with zero attached hydrogens (tertiary/aromatic N) is 1. The zero-order valence-electron chi connectivity index (χ0n) is 14.1. The number of hydrogen-bond donors (Lipinski definition) is 1. The highest BCUT2D eigenvalue weighted by molar-refractivity contribution is 6.02. The van der Waals surface area contributed by atoms with Gasteiger partial charge in [-0.15, -0.1) is 0 Å². The molecule has 0 radical (unpaired) electrons. The number of phenolic OH excluding ortho intramolecular Hbond substituents is 1. The summed E-state index contributed by atoms with van der Waals surface area (Å²) in [5, 5.41) is 21.3. The molecule has 2 aromatic carbocycles. The molecule has 0 amide bonds. The molecule has 2 aliphatic heterocycles. The van der Waals surface area contributed by atoms with Crippen LogP contribution in [0.3, 0.4) is 0 Å². The molecule has 3 aliphatic rings. The van der Waals surface area contributed by atoms with Crippen LogP contribution in [0.5, 0.6) is 11.5 Å². The lowest BCUT2D eigenvalue weighted by atomic mass is 9.71. The lowest BCUT2D eigenvalue weighted by molar-refractivity contribution is -0.385. The molecule has 0 bridgehead atoms. The Balaban J connectivity index is 1.87. The number of esters is 1. The largest absolute Gasteiger partial charge is 0.508 e. The third kappa shape index (κ3) is 1.94. The standard InChI is InChI=1S/C20H11NO7/c22-10-4-6-12-16(8-10)27-17-9-11(23)5-7-13(17)20(12)14-2-1-3-15(21(25)26)18(14)19(24)28-20/h1-9,12,23H. The van der Waals surface area contributed by atoms with Crippen molar-refractivity contribution in [3.8, 4) is 11.5 Å². The van der Waals surface area contributed by atoms with Crippen LogP contribution in [-0.2, 0) is 15.1 Å². The molecule has 28 heavy (non-hydrogen) atoms. The van der Waals surface area contributed by atoms with Crippen LogP contribution >= 0.6 is 0 Å². The molecule has 0 fully saturated rings. The minimum atomic E-state index is -1.44. The predicted molar refractivity (Wildman–Crippen MR) is 93.7 cm³/mol. The van der Waals surface area contributed by atoms with Crippen molar-refractivity contribution in [1.82, 2.24) is 0 Å². The Hall–Kier alpha value is -3.94. The van der Waals surface area contributed by atoms with Crippen LogP contribution in [0.1, 0.15) is 21.5 Å². The maximum absolute atomic E-state index is 12.8. The van der Waals surface area contributed by atoms with E-state index in [4.69, 9.17) is 9.47 Å². The van der Waals surface area contributed by atoms with Gasteiger partial charge in [0.25, 0.3) is 5.69 Å². The van der Waals surface area contributed by atoms with Crippen molar-refractivity contribution in [2.24, 2.45) is 5.92 Å². The Morgan fingerprint density at radius 2 is 1.96 bits per heavy atom. The lowest BCUT2D eigenvalue weighted by Gasteiger charge is -2.42. The number of aromatic hydroxyl groups is 1. The van der Waals surface area contributed by atoms with Gasteiger partial charge in [-0.25, -0.2) is 4.79 Å². The number of carbonyl (C=O) groups is 2. The number of fused-ring (bicyclic) bond motifs is 6. The minimum Gasteiger partial charge on any atom is -0.508 e. The number of rotatable bonds is 1. The first kappa shape index (κ1) is 16.2. The molecule has 2 aromatic rings. The molecule has 2 unspecified atom stereocenters. The molecule has 8 heteroatoms. The molecule has 2 atom stereocenters. The minimum absolute atomic E-state index is 0.0748. The first-order chi connectivity index (χ1) is 13.4. The number of phenols is 1. The van der Waals surface area contributed by atoms with E-state index in [9.17, 15) is 24.8 Å². The van der Waals surface area contributed by atoms with Crippen molar-refractivity contribution in [2.45, 2.75) is 5.60 Å². The van der Waals surface area contributed by atoms with Crippen molar-refractivity contribution in [2.75, 3.05) is 0 Å². The molecule has 5 rings (SSSR count). The van der Waals surface area contributed by atoms with Crippen molar-refractivity contribution >= 4 is 17.4 Å². The molecular formula is C20H11NO7. The summed E-state index contributed by atoms with van der Waals surface area (Å²) in [5.74, 6) is -1.44. The first-order valence-electron chi connectivity index (χ1n) is 8.38. The summed E-state index contributed by atoms with van der Waals surface area (Å²) >= 11 is 0. The average molecular weight is 377 g/mol. The number of nitro groups is 1. The Bertz CT molecular complexity index is 1160. The summed E-state index contributed by atoms with van der Waals surface area (Å²) in [6.45, 7) is 0. The Kier molecular flexibility index (Phi) is 3.07. The summed E-state index contributed by atoms with van der Waals surface area (Å²) in [6, 6.07) is 8.63. The molecule has 138 valence electrons. The number of hydrogen-bond acceptors (Lipinski definition) is 7. The van der Waals surface area contributed by atoms with Gasteiger partial charge in [-0.2, -0.15) is 0 Å². The molecular weight excluding hydrogens is 366 g/mol. The van der Waals surface area contributed by atoms with Crippen LogP contribution in [0.4, 0.5) is 5.69 Å². The van der Waals surface area contributed by atoms with Crippen LogP contribution < -0.4 is 4.74 Å². The summed E-state index contributed by atoms with van der Waals surface area (Å²) < 4.78 is 11.6. The highest BCUT2D eigenvalue weighted by Gasteiger charge is 2.59. The zero-order chi connectivity index (χ0) is 19.6. The van der Waals surface area contributed by atoms with Gasteiger partial charge < -0.3 is 14.6 Å². The number of nitro benzene ring substituents is 1. The van der Waals surface area contributed by atoms with Gasteiger partial charge in [-0.05, 0) is 18.2 Å². The fraction of sp³-hybridized carbons (Fsp3) is 0.100. The molecule has 0 saturated heterocycles. The number of carbonyl (C=O) groups excluding carboxylic acids is 2. The van der Waals surface area contributed by atoms with Crippen molar-refractivity contribution in [3.63, 3.8) is 0 Å². The average Bonchev–Trinajstić information content (AvgIpc) is 2.95. The predicted octanol–water partition coefficient (Wildman–Crippen LogP) is 2.75. The molecule has 0 aromatic heterocycles. The van der Waals surface area contributed by atoms with Gasteiger partial charge >= 0.3 is 5.97 Å². The third-order valence-corrected chi connectivity index (χ3v) is 5.17. The van der Waals surface area contributed by atoms with E-state index in [0.29, 0.717) is 11.1 Å². The van der Waals surface area contributed by atoms with Gasteiger partial charge in [0.15, 0.2) is 11.4 Å². The smallest absolute Gasteiger partial charge is 0.346 e. The molecule has 1 spiro atoms. The summed E-state index contributed by atoms with van der Waals surface area (Å²) in [7, 11) is 0. The van der Waals surface area contributed by atoms with Crippen LogP contribution in [-0.4, -0.2) is 21.8 Å². The monoisotopic (exact) mass is 377 g/mol. The summed E-state index contributed by atoms with van der Waals surface area (Å²) in [4.78, 5) is 35.4. The Morgan fingerprint density at radius 1 is 1.14 bits per heavy atom. The number of ether oxygens (including phenoxy) is 2. The fourth-order valence-corrected chi connectivity index (χ4v) is 4.09. The van der Waals surface area contributed by atoms with E-state index in [1.54, 1.807) is 18.2 Å². The van der Waals surface area contributed by atoms with E-state index in [2.05, 4.69) is 0 Å². The van der Waals surface area contributed by atoms with Crippen LogP contribution in [0, 0.1) is 16.0 Å². The SMILES string of the molecule is O=C1C=CC2C(=C1)Oc1cc(O)ccc1C21OC(=O)c2c([N+](=O)[O-])cccc21. The van der Waals surface area contributed by atoms with E-state index < -0.39 is 22.4 Å². The van der Waals surface area contributed by atoms with Gasteiger partial charge in [0.05, 0.1) is 10.8 Å². The number of allylic oxidation sites excluding steroid dienone is 2. The summed E-state index contributed by atoms with van der Waals surface area (Å²) in [6.07, 6.45) is 4.19. The van der Waals surface area contributed by atoms with E-state index in [0.717, 1.165) is 0 Å². The first-order valence-corrected chi connectivity index (χ1v) is 8.38. The maximum Gasteiger partial charge on any atom is 0.346 e. The van der Waals surface area contributed by atoms with E-state index in [1.807, 2.05) is 0 Å². The fourth-order valence-electron chi connectivity index (χ4n) is 4.09. The molecule has 2 heterocycles. The third-order valence-electron chi connectivity index (χ3n) is 5.17. The van der Waals surface area contributed by atoms with Gasteiger partial charge in [0, 0.05) is 29.3 Å². The van der Waals surface area contributed by atoms with E-state index in [1.165, 1.54) is 36.4 Å². The Labute approximate surface area is 157 Å². The van der Waals surface area contributed by atoms with E-state index >= 15 is 0 Å². The zero-order valence-corrected chi connectivity index (χ0v) is 14.1. The second-order valence-corrected chi connectivity index (χ2v) is 6.65. The van der Waals surface area contributed by atoms with Crippen LogP contribution in [0.25, 0.3) is 0 Å². The number of ketones is 1. The van der Waals surface area contributed by atoms with Gasteiger partial charge in [0.2, 0.25) is 0 Å². The van der Waals surface area contributed by atoms with Crippen LogP contribution in [0.2, 0.25) is 0 Å². The second-order valence-electron chi connectivity index (χ2n) is 6.65. The highest BCUT2D eigenvalue weighted by Crippen LogP contribution is 2.57.